The molecule has 0 aromatic heterocycles. The zero-order chi connectivity index (χ0) is 18.5. The molecule has 134 valence electrons. The van der Waals surface area contributed by atoms with Crippen molar-refractivity contribution in [3.8, 4) is 0 Å². The molecule has 0 saturated carbocycles. The Kier molecular flexibility index (Phi) is 4.07. The Morgan fingerprint density at radius 1 is 1.20 bits per heavy atom. The quantitative estimate of drug-likeness (QED) is 0.637. The van der Waals surface area contributed by atoms with Crippen molar-refractivity contribution < 1.29 is 19.1 Å². The Morgan fingerprint density at radius 2 is 1.80 bits per heavy atom. The number of hydrogen-bond donors (Lipinski definition) is 1. The van der Waals surface area contributed by atoms with E-state index in [4.69, 9.17) is 4.74 Å². The number of nitrogens with zero attached hydrogens (tertiary/aromatic N) is 2. The summed E-state index contributed by atoms with van der Waals surface area (Å²) in [6.45, 7) is 1.63. The van der Waals surface area contributed by atoms with E-state index in [1.807, 2.05) is 43.3 Å². The van der Waals surface area contributed by atoms with Crippen LogP contribution in [0.25, 0.3) is 0 Å². The summed E-state index contributed by atoms with van der Waals surface area (Å²) in [6.07, 6.45) is 0. The van der Waals surface area contributed by atoms with E-state index >= 15 is 0 Å². The van der Waals surface area contributed by atoms with Crippen LogP contribution in [-0.4, -0.2) is 56.5 Å². The van der Waals surface area contributed by atoms with Crippen molar-refractivity contribution in [3.05, 3.63) is 29.8 Å². The first-order valence-corrected chi connectivity index (χ1v) is 8.17. The topological polar surface area (TPSA) is 79.0 Å². The number of benzene rings is 1. The number of likely N-dealkylation sites (tertiary alicyclic amines) is 1. The first-order valence-electron chi connectivity index (χ1n) is 8.17. The lowest BCUT2D eigenvalue weighted by Gasteiger charge is -2.28. The van der Waals surface area contributed by atoms with Gasteiger partial charge in [0.25, 0.3) is 0 Å². The van der Waals surface area contributed by atoms with Gasteiger partial charge >= 0.3 is 5.97 Å². The van der Waals surface area contributed by atoms with Gasteiger partial charge in [-0.05, 0) is 24.6 Å². The second-order valence-electron chi connectivity index (χ2n) is 7.04. The lowest BCUT2D eigenvalue weighted by Crippen LogP contribution is -2.53. The molecule has 2 fully saturated rings. The van der Waals surface area contributed by atoms with Crippen LogP contribution in [0.15, 0.2) is 24.3 Å². The molecule has 2 heterocycles. The number of anilines is 1. The van der Waals surface area contributed by atoms with Crippen LogP contribution in [0.4, 0.5) is 5.69 Å². The van der Waals surface area contributed by atoms with Gasteiger partial charge in [-0.2, -0.15) is 0 Å². The molecule has 0 bridgehead atoms. The Bertz CT molecular complexity index is 730. The van der Waals surface area contributed by atoms with E-state index in [2.05, 4.69) is 5.32 Å². The third-order valence-electron chi connectivity index (χ3n) is 5.39. The zero-order valence-electron chi connectivity index (χ0n) is 15.1. The number of hydrogen-bond acceptors (Lipinski definition) is 6. The standard InChI is InChI=1S/C18H23N3O4/c1-18(17(24)25-5)13-12(15(22)21(4)16(13)23)14(19-18)10-6-8-11(9-7-10)20(2)3/h6-9,12-14,19H,1-5H3/t12-,13+,14-,18-/m1/s1. The number of ether oxygens (including phenoxy) is 1. The van der Waals surface area contributed by atoms with Crippen LogP contribution in [0.2, 0.25) is 0 Å². The van der Waals surface area contributed by atoms with Crippen molar-refractivity contribution in [1.82, 2.24) is 10.2 Å². The van der Waals surface area contributed by atoms with E-state index in [1.165, 1.54) is 14.2 Å². The zero-order valence-corrected chi connectivity index (χ0v) is 15.1. The molecule has 7 heteroatoms. The van der Waals surface area contributed by atoms with Gasteiger partial charge in [0, 0.05) is 32.9 Å². The molecule has 2 amide bonds. The molecule has 2 saturated heterocycles. The van der Waals surface area contributed by atoms with Gasteiger partial charge in [0.2, 0.25) is 11.8 Å². The SMILES string of the molecule is COC(=O)[C@]1(C)N[C@H](c2ccc(N(C)C)cc2)[C@@H]2C(=O)N(C)C(=O)[C@H]21. The molecule has 0 unspecified atom stereocenters. The van der Waals surface area contributed by atoms with Gasteiger partial charge in [0.15, 0.2) is 0 Å². The van der Waals surface area contributed by atoms with Crippen molar-refractivity contribution >= 4 is 23.5 Å². The minimum absolute atomic E-state index is 0.267. The summed E-state index contributed by atoms with van der Waals surface area (Å²) in [5.74, 6) is -2.53. The van der Waals surface area contributed by atoms with Crippen LogP contribution in [0.5, 0.6) is 0 Å². The lowest BCUT2D eigenvalue weighted by atomic mass is 9.80. The smallest absolute Gasteiger partial charge is 0.326 e. The van der Waals surface area contributed by atoms with E-state index < -0.39 is 29.4 Å². The summed E-state index contributed by atoms with van der Waals surface area (Å²) in [7, 11) is 6.64. The first-order chi connectivity index (χ1) is 11.7. The van der Waals surface area contributed by atoms with Crippen LogP contribution < -0.4 is 10.2 Å². The number of methoxy groups -OCH3 is 1. The molecule has 0 spiro atoms. The molecule has 1 N–H and O–H groups in total. The van der Waals surface area contributed by atoms with Crippen LogP contribution in [-0.2, 0) is 19.1 Å². The van der Waals surface area contributed by atoms with E-state index in [0.717, 1.165) is 16.2 Å². The second kappa shape index (κ2) is 5.84. The average molecular weight is 345 g/mol. The fourth-order valence-corrected chi connectivity index (χ4v) is 3.95. The largest absolute Gasteiger partial charge is 0.468 e. The van der Waals surface area contributed by atoms with Gasteiger partial charge in [-0.3, -0.25) is 24.6 Å². The monoisotopic (exact) mass is 345 g/mol. The van der Waals surface area contributed by atoms with E-state index in [9.17, 15) is 14.4 Å². The fraction of sp³-hybridized carbons (Fsp3) is 0.500. The molecule has 2 aliphatic rings. The molecule has 7 nitrogen and oxygen atoms in total. The van der Waals surface area contributed by atoms with Crippen LogP contribution in [0, 0.1) is 11.8 Å². The summed E-state index contributed by atoms with van der Waals surface area (Å²) in [5, 5.41) is 3.21. The third-order valence-corrected chi connectivity index (χ3v) is 5.39. The highest BCUT2D eigenvalue weighted by atomic mass is 16.5. The molecule has 0 radical (unpaired) electrons. The summed E-state index contributed by atoms with van der Waals surface area (Å²) >= 11 is 0. The number of carbonyl (C=O) groups excluding carboxylic acids is 3. The molecular weight excluding hydrogens is 322 g/mol. The fourth-order valence-electron chi connectivity index (χ4n) is 3.95. The molecule has 1 aromatic carbocycles. The van der Waals surface area contributed by atoms with Crippen molar-refractivity contribution in [2.24, 2.45) is 11.8 Å². The van der Waals surface area contributed by atoms with Crippen molar-refractivity contribution in [3.63, 3.8) is 0 Å². The maximum Gasteiger partial charge on any atom is 0.326 e. The number of esters is 1. The molecular formula is C18H23N3O4. The van der Waals surface area contributed by atoms with Crippen LogP contribution in [0.3, 0.4) is 0 Å². The normalized spacial score (nSPS) is 31.2. The van der Waals surface area contributed by atoms with Gasteiger partial charge < -0.3 is 9.64 Å². The lowest BCUT2D eigenvalue weighted by molar-refractivity contribution is -0.152. The Morgan fingerprint density at radius 3 is 2.32 bits per heavy atom. The maximum absolute atomic E-state index is 12.7. The number of rotatable bonds is 3. The van der Waals surface area contributed by atoms with Crippen LogP contribution in [0.1, 0.15) is 18.5 Å². The van der Waals surface area contributed by atoms with Gasteiger partial charge in [0.1, 0.15) is 5.54 Å². The van der Waals surface area contributed by atoms with Crippen LogP contribution >= 0.6 is 0 Å². The number of imide groups is 1. The molecule has 3 rings (SSSR count). The third kappa shape index (κ3) is 2.41. The Labute approximate surface area is 146 Å². The van der Waals surface area contributed by atoms with E-state index in [-0.39, 0.29) is 11.8 Å². The van der Waals surface area contributed by atoms with E-state index in [1.54, 1.807) is 6.92 Å². The highest BCUT2D eigenvalue weighted by Gasteiger charge is 2.66. The highest BCUT2D eigenvalue weighted by Crippen LogP contribution is 2.48. The molecule has 4 atom stereocenters. The Balaban J connectivity index is 2.04. The number of nitrogens with one attached hydrogen (secondary N) is 1. The van der Waals surface area contributed by atoms with Crippen molar-refractivity contribution in [2.45, 2.75) is 18.5 Å². The van der Waals surface area contributed by atoms with E-state index in [0.29, 0.717) is 0 Å². The molecule has 1 aromatic rings. The van der Waals surface area contributed by atoms with Gasteiger partial charge in [-0.1, -0.05) is 12.1 Å². The predicted octanol–water partition coefficient (Wildman–Crippen LogP) is 0.560. The maximum atomic E-state index is 12.7. The average Bonchev–Trinajstić information content (AvgIpc) is 3.04. The minimum atomic E-state index is -1.23. The summed E-state index contributed by atoms with van der Waals surface area (Å²) in [6, 6.07) is 7.31. The number of amides is 2. The second-order valence-corrected chi connectivity index (χ2v) is 7.04. The summed E-state index contributed by atoms with van der Waals surface area (Å²) < 4.78 is 4.91. The summed E-state index contributed by atoms with van der Waals surface area (Å²) in [5.41, 5.74) is 0.659. The number of fused-ring (bicyclic) bond motifs is 1. The van der Waals surface area contributed by atoms with Gasteiger partial charge in [0.05, 0.1) is 18.9 Å². The summed E-state index contributed by atoms with van der Waals surface area (Å²) in [4.78, 5) is 40.7. The number of carbonyl (C=O) groups is 3. The molecule has 0 aliphatic carbocycles. The van der Waals surface area contributed by atoms with Crippen molar-refractivity contribution in [2.75, 3.05) is 33.2 Å². The minimum Gasteiger partial charge on any atom is -0.468 e. The molecule has 2 aliphatic heterocycles. The molecule has 25 heavy (non-hydrogen) atoms. The Hall–Kier alpha value is -2.41. The van der Waals surface area contributed by atoms with Gasteiger partial charge in [-0.25, -0.2) is 0 Å². The van der Waals surface area contributed by atoms with Gasteiger partial charge in [-0.15, -0.1) is 0 Å². The van der Waals surface area contributed by atoms with Crippen molar-refractivity contribution in [1.29, 1.82) is 0 Å². The first kappa shape index (κ1) is 17.4. The predicted molar refractivity (Wildman–Crippen MR) is 91.8 cm³/mol. The highest BCUT2D eigenvalue weighted by molar-refractivity contribution is 6.09.